The predicted molar refractivity (Wildman–Crippen MR) is 117 cm³/mol. The molecule has 0 radical (unpaired) electrons. The van der Waals surface area contributed by atoms with Crippen LogP contribution in [0.3, 0.4) is 0 Å². The molecule has 7 nitrogen and oxygen atoms in total. The topological polar surface area (TPSA) is 83.3 Å². The second-order valence-corrected chi connectivity index (χ2v) is 8.18. The fourth-order valence-electron chi connectivity index (χ4n) is 3.14. The van der Waals surface area contributed by atoms with E-state index in [0.717, 1.165) is 21.5 Å². The minimum absolute atomic E-state index is 0.0666. The zero-order valence-electron chi connectivity index (χ0n) is 16.3. The summed E-state index contributed by atoms with van der Waals surface area (Å²) < 4.78 is 12.4. The maximum atomic E-state index is 12.8. The number of pyridine rings is 1. The van der Waals surface area contributed by atoms with E-state index < -0.39 is 5.97 Å². The van der Waals surface area contributed by atoms with E-state index in [4.69, 9.17) is 21.1 Å². The molecule has 0 saturated heterocycles. The highest BCUT2D eigenvalue weighted by Crippen LogP contribution is 2.31. The Kier molecular flexibility index (Phi) is 5.69. The van der Waals surface area contributed by atoms with Crippen molar-refractivity contribution in [3.8, 4) is 5.75 Å². The van der Waals surface area contributed by atoms with Crippen LogP contribution in [0.1, 0.15) is 11.3 Å². The molecule has 0 aliphatic heterocycles. The first kappa shape index (κ1) is 20.3. The molecule has 0 unspecified atom stereocenters. The van der Waals surface area contributed by atoms with Gasteiger partial charge in [-0.2, -0.15) is 0 Å². The Hall–Kier alpha value is -2.97. The number of thiophene rings is 1. The number of carbonyl (C=O) groups is 1. The van der Waals surface area contributed by atoms with Crippen molar-refractivity contribution in [2.75, 3.05) is 13.2 Å². The summed E-state index contributed by atoms with van der Waals surface area (Å²) in [6.45, 7) is 3.93. The van der Waals surface area contributed by atoms with Crippen LogP contribution in [0.5, 0.6) is 5.75 Å². The summed E-state index contributed by atoms with van der Waals surface area (Å²) in [5, 5.41) is 1.50. The van der Waals surface area contributed by atoms with Crippen LogP contribution in [-0.2, 0) is 16.1 Å². The molecule has 4 rings (SSSR count). The van der Waals surface area contributed by atoms with Crippen molar-refractivity contribution in [2.45, 2.75) is 20.4 Å². The van der Waals surface area contributed by atoms with E-state index in [1.165, 1.54) is 22.2 Å². The maximum Gasteiger partial charge on any atom is 0.326 e. The number of ether oxygens (including phenoxy) is 2. The van der Waals surface area contributed by atoms with E-state index in [1.807, 2.05) is 19.9 Å². The van der Waals surface area contributed by atoms with Gasteiger partial charge in [-0.15, -0.1) is 11.3 Å². The quantitative estimate of drug-likeness (QED) is 0.332. The van der Waals surface area contributed by atoms with E-state index >= 15 is 0 Å². The number of nitrogens with zero attached hydrogens (tertiary/aromatic N) is 3. The Morgan fingerprint density at radius 3 is 2.73 bits per heavy atom. The van der Waals surface area contributed by atoms with Gasteiger partial charge in [0.05, 0.1) is 11.8 Å². The summed E-state index contributed by atoms with van der Waals surface area (Å²) in [6, 6.07) is 8.85. The zero-order chi connectivity index (χ0) is 21.3. The third kappa shape index (κ3) is 4.15. The van der Waals surface area contributed by atoms with E-state index in [0.29, 0.717) is 21.0 Å². The van der Waals surface area contributed by atoms with Gasteiger partial charge >= 0.3 is 5.97 Å². The Labute approximate surface area is 180 Å². The molecular formula is C21H18ClN3O4S. The molecule has 1 aromatic carbocycles. The number of benzene rings is 1. The molecule has 3 aromatic heterocycles. The van der Waals surface area contributed by atoms with Crippen molar-refractivity contribution >= 4 is 49.3 Å². The van der Waals surface area contributed by atoms with Gasteiger partial charge in [0.25, 0.3) is 5.56 Å². The lowest BCUT2D eigenvalue weighted by atomic mass is 10.1. The summed E-state index contributed by atoms with van der Waals surface area (Å²) in [5.74, 6) is 0.0921. The fraction of sp³-hybridized carbons (Fsp3) is 0.238. The van der Waals surface area contributed by atoms with Gasteiger partial charge in [-0.3, -0.25) is 14.2 Å². The molecule has 0 amide bonds. The van der Waals surface area contributed by atoms with Gasteiger partial charge in [0.15, 0.2) is 0 Å². The number of aryl methyl sites for hydroxylation is 2. The number of hydrogen-bond donors (Lipinski definition) is 0. The highest BCUT2D eigenvalue weighted by atomic mass is 35.5. The zero-order valence-corrected chi connectivity index (χ0v) is 17.9. The lowest BCUT2D eigenvalue weighted by molar-refractivity contribution is -0.145. The number of aromatic nitrogens is 3. The standard InChI is InChI=1S/C21H18ClN3O4S/c1-12-9-13(2)24-20-17(12)18-19(30-20)21(27)25(11-23-18)10-16(26)29-8-7-28-15-5-3-14(22)4-6-15/h3-6,9,11H,7-8,10H2,1-2H3. The normalized spacial score (nSPS) is 11.2. The van der Waals surface area contributed by atoms with Gasteiger partial charge in [-0.05, 0) is 49.7 Å². The van der Waals surface area contributed by atoms with Crippen LogP contribution in [0.4, 0.5) is 0 Å². The number of hydrogen-bond acceptors (Lipinski definition) is 7. The summed E-state index contributed by atoms with van der Waals surface area (Å²) in [7, 11) is 0. The Bertz CT molecular complexity index is 1300. The number of rotatable bonds is 6. The molecule has 0 aliphatic carbocycles. The third-order valence-electron chi connectivity index (χ3n) is 4.47. The molecular weight excluding hydrogens is 426 g/mol. The molecule has 0 aliphatic rings. The van der Waals surface area contributed by atoms with Crippen molar-refractivity contribution in [2.24, 2.45) is 0 Å². The third-order valence-corrected chi connectivity index (χ3v) is 5.78. The molecule has 0 atom stereocenters. The first-order valence-corrected chi connectivity index (χ1v) is 10.4. The molecule has 0 N–H and O–H groups in total. The average Bonchev–Trinajstić information content (AvgIpc) is 3.08. The van der Waals surface area contributed by atoms with Gasteiger partial charge in [0.1, 0.15) is 35.0 Å². The van der Waals surface area contributed by atoms with Crippen LogP contribution in [-0.4, -0.2) is 33.7 Å². The second-order valence-electron chi connectivity index (χ2n) is 6.74. The first-order chi connectivity index (χ1) is 14.4. The minimum Gasteiger partial charge on any atom is -0.490 e. The van der Waals surface area contributed by atoms with Crippen LogP contribution in [0.2, 0.25) is 5.02 Å². The summed E-state index contributed by atoms with van der Waals surface area (Å²) >= 11 is 7.11. The number of fused-ring (bicyclic) bond motifs is 3. The predicted octanol–water partition coefficient (Wildman–Crippen LogP) is 3.90. The smallest absolute Gasteiger partial charge is 0.326 e. The van der Waals surface area contributed by atoms with Gasteiger partial charge in [-0.1, -0.05) is 11.6 Å². The van der Waals surface area contributed by atoms with Gasteiger partial charge in [0.2, 0.25) is 0 Å². The Morgan fingerprint density at radius 1 is 1.20 bits per heavy atom. The molecule has 3 heterocycles. The van der Waals surface area contributed by atoms with Crippen molar-refractivity contribution in [1.29, 1.82) is 0 Å². The second kappa shape index (κ2) is 8.41. The van der Waals surface area contributed by atoms with Gasteiger partial charge in [0, 0.05) is 16.1 Å². The van der Waals surface area contributed by atoms with E-state index in [-0.39, 0.29) is 25.3 Å². The van der Waals surface area contributed by atoms with E-state index in [1.54, 1.807) is 24.3 Å². The van der Waals surface area contributed by atoms with Crippen LogP contribution in [0, 0.1) is 13.8 Å². The van der Waals surface area contributed by atoms with Gasteiger partial charge in [-0.25, -0.2) is 9.97 Å². The monoisotopic (exact) mass is 443 g/mol. The lowest BCUT2D eigenvalue weighted by Crippen LogP contribution is -2.26. The molecule has 9 heteroatoms. The summed E-state index contributed by atoms with van der Waals surface area (Å²) in [4.78, 5) is 34.7. The van der Waals surface area contributed by atoms with Crippen LogP contribution in [0.25, 0.3) is 20.4 Å². The first-order valence-electron chi connectivity index (χ1n) is 9.22. The SMILES string of the molecule is Cc1cc(C)c2c(n1)sc1c(=O)n(CC(=O)OCCOc3ccc(Cl)cc3)cnc12. The van der Waals surface area contributed by atoms with Crippen molar-refractivity contribution < 1.29 is 14.3 Å². The largest absolute Gasteiger partial charge is 0.490 e. The van der Waals surface area contributed by atoms with E-state index in [9.17, 15) is 9.59 Å². The van der Waals surface area contributed by atoms with Crippen LogP contribution >= 0.6 is 22.9 Å². The molecule has 4 aromatic rings. The summed E-state index contributed by atoms with van der Waals surface area (Å²) in [5.41, 5.74) is 2.24. The maximum absolute atomic E-state index is 12.8. The van der Waals surface area contributed by atoms with Crippen LogP contribution < -0.4 is 10.3 Å². The molecule has 0 fully saturated rings. The Morgan fingerprint density at radius 2 is 1.97 bits per heavy atom. The number of halogens is 1. The van der Waals surface area contributed by atoms with Crippen molar-refractivity contribution in [3.05, 3.63) is 63.3 Å². The van der Waals surface area contributed by atoms with Crippen molar-refractivity contribution in [3.63, 3.8) is 0 Å². The fourth-order valence-corrected chi connectivity index (χ4v) is 4.47. The Balaban J connectivity index is 1.43. The minimum atomic E-state index is -0.538. The molecule has 0 bridgehead atoms. The van der Waals surface area contributed by atoms with E-state index in [2.05, 4.69) is 9.97 Å². The van der Waals surface area contributed by atoms with Crippen molar-refractivity contribution in [1.82, 2.24) is 14.5 Å². The highest BCUT2D eigenvalue weighted by molar-refractivity contribution is 7.25. The lowest BCUT2D eigenvalue weighted by Gasteiger charge is -2.08. The molecule has 0 spiro atoms. The molecule has 0 saturated carbocycles. The molecule has 30 heavy (non-hydrogen) atoms. The van der Waals surface area contributed by atoms with Crippen LogP contribution in [0.15, 0.2) is 41.5 Å². The highest BCUT2D eigenvalue weighted by Gasteiger charge is 2.16. The average molecular weight is 444 g/mol. The number of carbonyl (C=O) groups excluding carboxylic acids is 1. The summed E-state index contributed by atoms with van der Waals surface area (Å²) in [6.07, 6.45) is 1.38. The van der Waals surface area contributed by atoms with Gasteiger partial charge < -0.3 is 9.47 Å². The number of esters is 1. The molecule has 154 valence electrons.